The van der Waals surface area contributed by atoms with Gasteiger partial charge in [-0.25, -0.2) is 9.98 Å². The van der Waals surface area contributed by atoms with Gasteiger partial charge in [0, 0.05) is 0 Å². The average molecular weight is 192 g/mol. The fraction of sp³-hybridized carbons (Fsp3) is 0.333. The van der Waals surface area contributed by atoms with Crippen molar-refractivity contribution in [3.63, 3.8) is 0 Å². The topological polar surface area (TPSA) is 48.2 Å². The van der Waals surface area contributed by atoms with Gasteiger partial charge in [-0.3, -0.25) is 5.21 Å². The van der Waals surface area contributed by atoms with Gasteiger partial charge in [0.25, 0.3) is 0 Å². The van der Waals surface area contributed by atoms with Gasteiger partial charge in [0.2, 0.25) is 10.9 Å². The van der Waals surface area contributed by atoms with Crippen molar-refractivity contribution in [1.29, 1.82) is 0 Å². The molecule has 1 heterocycles. The van der Waals surface area contributed by atoms with Crippen LogP contribution in [0.1, 0.15) is 0 Å². The van der Waals surface area contributed by atoms with Gasteiger partial charge in [0.1, 0.15) is 6.34 Å². The number of nitrogens with zero attached hydrogens (tertiary/aromatic N) is 3. The van der Waals surface area contributed by atoms with Gasteiger partial charge in [-0.2, -0.15) is 5.06 Å². The summed E-state index contributed by atoms with van der Waals surface area (Å²) < 4.78 is 0. The first kappa shape index (κ1) is 10.7. The Morgan fingerprint density at radius 2 is 2.30 bits per heavy atom. The van der Waals surface area contributed by atoms with Crippen molar-refractivity contribution >= 4 is 64.4 Å². The van der Waals surface area contributed by atoms with E-state index in [0.29, 0.717) is 5.06 Å². The van der Waals surface area contributed by atoms with Crippen LogP contribution in [0.25, 0.3) is 0 Å². The van der Waals surface area contributed by atoms with E-state index < -0.39 is 5.62 Å². The molecule has 0 fully saturated rings. The molecular formula is C3H4Cl2N3NaO. The number of hydrogen-bond donors (Lipinski definition) is 1. The van der Waals surface area contributed by atoms with Gasteiger partial charge in [0.05, 0.1) is 0 Å². The predicted octanol–water partition coefficient (Wildman–Crippen LogP) is 0.188. The van der Waals surface area contributed by atoms with Gasteiger partial charge in [-0.1, -0.05) is 11.6 Å². The van der Waals surface area contributed by atoms with Gasteiger partial charge < -0.3 is 0 Å². The minimum atomic E-state index is -0.708. The summed E-state index contributed by atoms with van der Waals surface area (Å²) in [7, 11) is 0. The van der Waals surface area contributed by atoms with Crippen molar-refractivity contribution in [3.05, 3.63) is 0 Å². The summed E-state index contributed by atoms with van der Waals surface area (Å²) in [5.41, 5.74) is -0.708. The van der Waals surface area contributed by atoms with E-state index in [2.05, 4.69) is 9.98 Å². The summed E-state index contributed by atoms with van der Waals surface area (Å²) in [6.45, 7) is 0. The van der Waals surface area contributed by atoms with E-state index >= 15 is 0 Å². The van der Waals surface area contributed by atoms with Crippen LogP contribution >= 0.6 is 23.2 Å². The molecule has 1 rings (SSSR count). The van der Waals surface area contributed by atoms with Crippen molar-refractivity contribution < 1.29 is 5.21 Å². The van der Waals surface area contributed by atoms with Crippen LogP contribution in [0.15, 0.2) is 9.98 Å². The van der Waals surface area contributed by atoms with E-state index in [0.717, 1.165) is 6.34 Å². The van der Waals surface area contributed by atoms with Crippen LogP contribution in [0, 0.1) is 0 Å². The van der Waals surface area contributed by atoms with Crippen LogP contribution in [0.4, 0.5) is 0 Å². The maximum atomic E-state index is 8.66. The van der Waals surface area contributed by atoms with E-state index in [1.165, 1.54) is 0 Å². The zero-order valence-electron chi connectivity index (χ0n) is 4.20. The van der Waals surface area contributed by atoms with Crippen molar-refractivity contribution in [3.8, 4) is 0 Å². The van der Waals surface area contributed by atoms with Gasteiger partial charge in [-0.05, 0) is 11.6 Å². The number of aliphatic imine (C=N–C) groups is 2. The molecule has 1 atom stereocenters. The molecule has 10 heavy (non-hydrogen) atoms. The molecule has 0 saturated carbocycles. The maximum absolute atomic E-state index is 8.66. The normalized spacial score (nSPS) is 23.7. The number of hydroxylamine groups is 2. The molecule has 1 N–H and O–H groups in total. The van der Waals surface area contributed by atoms with Crippen molar-refractivity contribution in [2.75, 3.05) is 0 Å². The second kappa shape index (κ2) is 4.54. The number of halogens is 2. The van der Waals surface area contributed by atoms with E-state index in [9.17, 15) is 0 Å². The van der Waals surface area contributed by atoms with Crippen LogP contribution in [0.2, 0.25) is 0 Å². The zero-order chi connectivity index (χ0) is 6.85. The first-order chi connectivity index (χ1) is 4.20. The fourth-order valence-electron chi connectivity index (χ4n) is 0.346. The zero-order valence-corrected chi connectivity index (χ0v) is 5.71. The van der Waals surface area contributed by atoms with E-state index in [4.69, 9.17) is 28.4 Å². The molecule has 0 spiro atoms. The molecule has 0 aromatic rings. The first-order valence-electron chi connectivity index (χ1n) is 2.09. The Labute approximate surface area is 89.8 Å². The van der Waals surface area contributed by atoms with Crippen molar-refractivity contribution in [2.24, 2.45) is 9.98 Å². The number of alkyl halides is 1. The molecular weight excluding hydrogens is 188 g/mol. The standard InChI is InChI=1S/C3H3Cl2N3O.Na.H/c4-2-6-1-8(9)3(5)7-2;;/h1-2,9H;;. The van der Waals surface area contributed by atoms with Crippen LogP contribution in [0.3, 0.4) is 0 Å². The summed E-state index contributed by atoms with van der Waals surface area (Å²) in [5, 5.41) is 9.16. The van der Waals surface area contributed by atoms with Gasteiger partial charge in [0.15, 0.2) is 0 Å². The Kier molecular flexibility index (Phi) is 4.84. The quantitative estimate of drug-likeness (QED) is 0.338. The molecule has 1 unspecified atom stereocenters. The second-order valence-corrected chi connectivity index (χ2v) is 2.05. The van der Waals surface area contributed by atoms with Crippen molar-refractivity contribution in [2.45, 2.75) is 5.62 Å². The Morgan fingerprint density at radius 1 is 1.70 bits per heavy atom. The Balaban J connectivity index is 0.000000810. The summed E-state index contributed by atoms with van der Waals surface area (Å²) in [4.78, 5) is 6.99. The number of rotatable bonds is 0. The van der Waals surface area contributed by atoms with Crippen LogP contribution in [-0.2, 0) is 0 Å². The SMILES string of the molecule is ON1C=NC(Cl)N=C1Cl.[NaH]. The summed E-state index contributed by atoms with van der Waals surface area (Å²) in [5.74, 6) is 0. The van der Waals surface area contributed by atoms with E-state index in [-0.39, 0.29) is 34.9 Å². The molecule has 0 aromatic heterocycles. The summed E-state index contributed by atoms with van der Waals surface area (Å²) in [6, 6.07) is 0. The number of hydrogen-bond acceptors (Lipinski definition) is 4. The van der Waals surface area contributed by atoms with Crippen LogP contribution in [0.5, 0.6) is 0 Å². The van der Waals surface area contributed by atoms with Crippen LogP contribution in [-0.4, -0.2) is 57.1 Å². The Morgan fingerprint density at radius 3 is 2.70 bits per heavy atom. The molecule has 52 valence electrons. The third-order valence-electron chi connectivity index (χ3n) is 0.701. The molecule has 0 radical (unpaired) electrons. The van der Waals surface area contributed by atoms with E-state index in [1.54, 1.807) is 0 Å². The third-order valence-corrected chi connectivity index (χ3v) is 1.18. The van der Waals surface area contributed by atoms with E-state index in [1.807, 2.05) is 0 Å². The molecule has 4 nitrogen and oxygen atoms in total. The third kappa shape index (κ3) is 2.74. The summed E-state index contributed by atoms with van der Waals surface area (Å²) in [6.07, 6.45) is 1.09. The molecule has 0 aliphatic carbocycles. The summed E-state index contributed by atoms with van der Waals surface area (Å²) >= 11 is 10.7. The molecule has 0 amide bonds. The first-order valence-corrected chi connectivity index (χ1v) is 2.90. The number of amidine groups is 1. The monoisotopic (exact) mass is 191 g/mol. The molecule has 0 bridgehead atoms. The van der Waals surface area contributed by atoms with Gasteiger partial charge >= 0.3 is 29.6 Å². The fourth-order valence-corrected chi connectivity index (χ4v) is 0.675. The molecule has 1 aliphatic rings. The molecule has 0 saturated heterocycles. The molecule has 0 aromatic carbocycles. The minimum absolute atomic E-state index is 0. The molecule has 1 aliphatic heterocycles. The molecule has 7 heteroatoms. The Bertz CT molecular complexity index is 173. The second-order valence-electron chi connectivity index (χ2n) is 1.32. The van der Waals surface area contributed by atoms with Crippen molar-refractivity contribution in [1.82, 2.24) is 5.06 Å². The predicted molar refractivity (Wildman–Crippen MR) is 42.2 cm³/mol. The van der Waals surface area contributed by atoms with Crippen LogP contribution < -0.4 is 0 Å². The Hall–Kier alpha value is 0.680. The van der Waals surface area contributed by atoms with Gasteiger partial charge in [-0.15, -0.1) is 0 Å². The average Bonchev–Trinajstić information content (AvgIpc) is 1.80.